The summed E-state index contributed by atoms with van der Waals surface area (Å²) in [4.78, 5) is 25.1. The van der Waals surface area contributed by atoms with Gasteiger partial charge in [-0.3, -0.25) is 10.1 Å². The molecule has 0 spiro atoms. The number of pyridine rings is 1. The number of rotatable bonds is 3. The van der Waals surface area contributed by atoms with Gasteiger partial charge in [-0.2, -0.15) is 0 Å². The van der Waals surface area contributed by atoms with Gasteiger partial charge in [-0.1, -0.05) is 0 Å². The predicted octanol–water partition coefficient (Wildman–Crippen LogP) is 1.91. The number of carbonyl (C=O) groups is 1. The first-order valence-corrected chi connectivity index (χ1v) is 4.83. The molecule has 0 atom stereocenters. The highest BCUT2D eigenvalue weighted by Crippen LogP contribution is 2.22. The van der Waals surface area contributed by atoms with E-state index in [2.05, 4.69) is 4.98 Å². The molecule has 0 aromatic carbocycles. The summed E-state index contributed by atoms with van der Waals surface area (Å²) in [6.45, 7) is 1.90. The maximum Gasteiger partial charge on any atom is 0.374 e. The van der Waals surface area contributed by atoms with Crippen molar-refractivity contribution in [2.45, 2.75) is 6.92 Å². The van der Waals surface area contributed by atoms with Crippen LogP contribution in [0, 0.1) is 10.1 Å². The van der Waals surface area contributed by atoms with Gasteiger partial charge in [0.25, 0.3) is 5.69 Å². The smallest absolute Gasteiger partial charge is 0.374 e. The van der Waals surface area contributed by atoms with E-state index < -0.39 is 10.9 Å². The molecule has 0 amide bonds. The topological polar surface area (TPSA) is 95.5 Å². The molecular weight excluding hydrogens is 228 g/mol. The normalized spacial score (nSPS) is 10.4. The van der Waals surface area contributed by atoms with Gasteiger partial charge in [-0.25, -0.2) is 9.78 Å². The molecule has 17 heavy (non-hydrogen) atoms. The first-order chi connectivity index (χ1) is 8.11. The molecule has 0 bridgehead atoms. The Balaban J connectivity index is 2.43. The van der Waals surface area contributed by atoms with Crippen LogP contribution in [0.15, 0.2) is 22.7 Å². The second-order valence-electron chi connectivity index (χ2n) is 3.18. The third-order valence-electron chi connectivity index (χ3n) is 2.05. The van der Waals surface area contributed by atoms with E-state index in [9.17, 15) is 14.9 Å². The van der Waals surface area contributed by atoms with E-state index in [0.29, 0.717) is 5.39 Å². The van der Waals surface area contributed by atoms with E-state index in [-0.39, 0.29) is 23.8 Å². The van der Waals surface area contributed by atoms with Crippen molar-refractivity contribution >= 4 is 22.8 Å². The van der Waals surface area contributed by atoms with E-state index in [4.69, 9.17) is 9.15 Å². The summed E-state index contributed by atoms with van der Waals surface area (Å²) in [7, 11) is 0. The number of nitrogens with zero attached hydrogens (tertiary/aromatic N) is 2. The Kier molecular flexibility index (Phi) is 2.73. The zero-order valence-electron chi connectivity index (χ0n) is 8.87. The van der Waals surface area contributed by atoms with Gasteiger partial charge in [0.05, 0.1) is 11.5 Å². The molecule has 0 aliphatic carbocycles. The van der Waals surface area contributed by atoms with E-state index in [1.807, 2.05) is 0 Å². The van der Waals surface area contributed by atoms with Gasteiger partial charge < -0.3 is 9.15 Å². The van der Waals surface area contributed by atoms with E-state index in [1.165, 1.54) is 12.1 Å². The van der Waals surface area contributed by atoms with Crippen LogP contribution in [0.3, 0.4) is 0 Å². The monoisotopic (exact) mass is 236 g/mol. The predicted molar refractivity (Wildman–Crippen MR) is 56.6 cm³/mol. The highest BCUT2D eigenvalue weighted by molar-refractivity contribution is 5.92. The van der Waals surface area contributed by atoms with Gasteiger partial charge in [0.1, 0.15) is 6.20 Å². The van der Waals surface area contributed by atoms with Crippen LogP contribution >= 0.6 is 0 Å². The standard InChI is InChI=1S/C10H8N2O5/c1-2-16-10(13)8-4-6-3-7(12(14)15)5-11-9(6)17-8/h3-5H,2H2,1H3. The van der Waals surface area contributed by atoms with Crippen molar-refractivity contribution in [2.75, 3.05) is 6.61 Å². The molecule has 2 aromatic heterocycles. The second kappa shape index (κ2) is 4.20. The number of fused-ring (bicyclic) bond motifs is 1. The SMILES string of the molecule is CCOC(=O)c1cc2cc([N+](=O)[O-])cnc2o1. The molecule has 0 aliphatic rings. The number of nitro groups is 1. The van der Waals surface area contributed by atoms with Crippen molar-refractivity contribution in [3.05, 3.63) is 34.2 Å². The lowest BCUT2D eigenvalue weighted by Crippen LogP contribution is -2.02. The molecule has 0 unspecified atom stereocenters. The van der Waals surface area contributed by atoms with Gasteiger partial charge >= 0.3 is 5.97 Å². The van der Waals surface area contributed by atoms with Crippen LogP contribution in [0.4, 0.5) is 5.69 Å². The third kappa shape index (κ3) is 2.07. The molecule has 0 saturated carbocycles. The van der Waals surface area contributed by atoms with Crippen molar-refractivity contribution < 1.29 is 18.9 Å². The molecular formula is C10H8N2O5. The van der Waals surface area contributed by atoms with Crippen molar-refractivity contribution in [2.24, 2.45) is 0 Å². The number of hydrogen-bond donors (Lipinski definition) is 0. The van der Waals surface area contributed by atoms with E-state index >= 15 is 0 Å². The van der Waals surface area contributed by atoms with Gasteiger partial charge in [0, 0.05) is 17.5 Å². The fourth-order valence-corrected chi connectivity index (χ4v) is 1.32. The fraction of sp³-hybridized carbons (Fsp3) is 0.200. The largest absolute Gasteiger partial charge is 0.460 e. The van der Waals surface area contributed by atoms with E-state index in [1.54, 1.807) is 6.92 Å². The summed E-state index contributed by atoms with van der Waals surface area (Å²) >= 11 is 0. The first kappa shape index (κ1) is 11.1. The Bertz CT molecular complexity index is 589. The highest BCUT2D eigenvalue weighted by atomic mass is 16.6. The second-order valence-corrected chi connectivity index (χ2v) is 3.18. The van der Waals surface area contributed by atoms with Crippen LogP contribution in [0.2, 0.25) is 0 Å². The van der Waals surface area contributed by atoms with Gasteiger partial charge in [-0.05, 0) is 6.92 Å². The summed E-state index contributed by atoms with van der Waals surface area (Å²) < 4.78 is 9.85. The molecule has 0 N–H and O–H groups in total. The lowest BCUT2D eigenvalue weighted by Gasteiger charge is -1.95. The van der Waals surface area contributed by atoms with E-state index in [0.717, 1.165) is 6.20 Å². The highest BCUT2D eigenvalue weighted by Gasteiger charge is 2.16. The Hall–Kier alpha value is -2.44. The summed E-state index contributed by atoms with van der Waals surface area (Å²) in [6, 6.07) is 2.65. The summed E-state index contributed by atoms with van der Waals surface area (Å²) in [5.41, 5.74) is 0.00682. The number of aromatic nitrogens is 1. The molecule has 0 aliphatic heterocycles. The van der Waals surface area contributed by atoms with Gasteiger partial charge in [0.2, 0.25) is 11.5 Å². The van der Waals surface area contributed by atoms with Gasteiger partial charge in [0.15, 0.2) is 0 Å². The number of furan rings is 1. The summed E-state index contributed by atoms with van der Waals surface area (Å²) in [5, 5.41) is 10.9. The Labute approximate surface area is 95.1 Å². The minimum absolute atomic E-state index is 0.0187. The summed E-state index contributed by atoms with van der Waals surface area (Å²) in [5.74, 6) is -0.636. The molecule has 0 saturated heterocycles. The lowest BCUT2D eigenvalue weighted by molar-refractivity contribution is -0.385. The minimum atomic E-state index is -0.617. The number of ether oxygens (including phenoxy) is 1. The quantitative estimate of drug-likeness (QED) is 0.458. The number of esters is 1. The van der Waals surface area contributed by atoms with Crippen molar-refractivity contribution in [3.8, 4) is 0 Å². The number of hydrogen-bond acceptors (Lipinski definition) is 6. The molecule has 0 radical (unpaired) electrons. The van der Waals surface area contributed by atoms with Crippen LogP contribution in [0.5, 0.6) is 0 Å². The Morgan fingerprint density at radius 1 is 1.59 bits per heavy atom. The fourth-order valence-electron chi connectivity index (χ4n) is 1.32. The average Bonchev–Trinajstić information content (AvgIpc) is 2.71. The van der Waals surface area contributed by atoms with Crippen LogP contribution in [-0.4, -0.2) is 22.5 Å². The molecule has 2 rings (SSSR count). The molecule has 2 aromatic rings. The Morgan fingerprint density at radius 2 is 2.35 bits per heavy atom. The number of carbonyl (C=O) groups excluding carboxylic acids is 1. The van der Waals surface area contributed by atoms with Crippen molar-refractivity contribution in [1.82, 2.24) is 4.98 Å². The lowest BCUT2D eigenvalue weighted by atomic mass is 10.3. The maximum atomic E-state index is 11.4. The zero-order chi connectivity index (χ0) is 12.4. The molecule has 2 heterocycles. The molecule has 7 nitrogen and oxygen atoms in total. The van der Waals surface area contributed by atoms with Crippen LogP contribution in [-0.2, 0) is 4.74 Å². The zero-order valence-corrected chi connectivity index (χ0v) is 8.87. The van der Waals surface area contributed by atoms with Crippen LogP contribution in [0.25, 0.3) is 11.1 Å². The average molecular weight is 236 g/mol. The molecule has 0 fully saturated rings. The Morgan fingerprint density at radius 3 is 3.00 bits per heavy atom. The maximum absolute atomic E-state index is 11.4. The minimum Gasteiger partial charge on any atom is -0.460 e. The van der Waals surface area contributed by atoms with Crippen LogP contribution < -0.4 is 0 Å². The molecule has 88 valence electrons. The first-order valence-electron chi connectivity index (χ1n) is 4.83. The van der Waals surface area contributed by atoms with Crippen molar-refractivity contribution in [3.63, 3.8) is 0 Å². The van der Waals surface area contributed by atoms with Crippen molar-refractivity contribution in [1.29, 1.82) is 0 Å². The molecule has 7 heteroatoms. The van der Waals surface area contributed by atoms with Crippen LogP contribution in [0.1, 0.15) is 17.5 Å². The summed E-state index contributed by atoms with van der Waals surface area (Å²) in [6.07, 6.45) is 1.07. The third-order valence-corrected chi connectivity index (χ3v) is 2.05. The van der Waals surface area contributed by atoms with Gasteiger partial charge in [-0.15, -0.1) is 0 Å².